The summed E-state index contributed by atoms with van der Waals surface area (Å²) >= 11 is 1.49. The molecule has 0 radical (unpaired) electrons. The number of piperidine rings is 1. The number of thiazole rings is 1. The van der Waals surface area contributed by atoms with Crippen LogP contribution < -0.4 is 5.32 Å². The monoisotopic (exact) mass is 437 g/mol. The van der Waals surface area contributed by atoms with Gasteiger partial charge in [-0.3, -0.25) is 4.79 Å². The molecule has 1 aliphatic rings. The number of carbonyl (C=O) groups is 2. The number of esters is 1. The Morgan fingerprint density at radius 3 is 2.59 bits per heavy atom. The molecular formula is C19H23N3O5S2. The predicted octanol–water partition coefficient (Wildman–Crippen LogP) is 1.96. The third-order valence-corrected chi connectivity index (χ3v) is 7.74. The molecule has 1 aromatic heterocycles. The van der Waals surface area contributed by atoms with Crippen LogP contribution in [-0.2, 0) is 26.1 Å². The van der Waals surface area contributed by atoms with E-state index >= 15 is 0 Å². The van der Waals surface area contributed by atoms with Crippen molar-refractivity contribution in [2.24, 2.45) is 5.92 Å². The van der Waals surface area contributed by atoms with Crippen molar-refractivity contribution in [3.8, 4) is 0 Å². The zero-order valence-corrected chi connectivity index (χ0v) is 17.9. The van der Waals surface area contributed by atoms with Gasteiger partial charge in [-0.05, 0) is 31.9 Å². The van der Waals surface area contributed by atoms with Crippen LogP contribution in [-0.4, -0.2) is 49.8 Å². The maximum atomic E-state index is 13.0. The van der Waals surface area contributed by atoms with E-state index in [4.69, 9.17) is 4.74 Å². The normalized spacial score (nSPS) is 15.8. The Balaban J connectivity index is 1.62. The summed E-state index contributed by atoms with van der Waals surface area (Å²) in [4.78, 5) is 28.6. The molecule has 156 valence electrons. The molecule has 10 heteroatoms. The highest BCUT2D eigenvalue weighted by molar-refractivity contribution is 7.89. The van der Waals surface area contributed by atoms with Crippen molar-refractivity contribution < 1.29 is 22.7 Å². The first-order valence-electron chi connectivity index (χ1n) is 9.19. The van der Waals surface area contributed by atoms with Gasteiger partial charge in [-0.25, -0.2) is 18.2 Å². The average molecular weight is 438 g/mol. The van der Waals surface area contributed by atoms with E-state index in [1.807, 2.05) is 12.3 Å². The number of nitrogens with zero attached hydrogens (tertiary/aromatic N) is 2. The summed E-state index contributed by atoms with van der Waals surface area (Å²) in [5, 5.41) is 5.65. The van der Waals surface area contributed by atoms with Crippen LogP contribution >= 0.6 is 11.3 Å². The molecule has 1 amide bonds. The molecule has 1 N–H and O–H groups in total. The van der Waals surface area contributed by atoms with E-state index in [0.29, 0.717) is 19.4 Å². The fourth-order valence-corrected chi connectivity index (χ4v) is 5.62. The van der Waals surface area contributed by atoms with E-state index in [-0.39, 0.29) is 35.4 Å². The Bertz CT molecular complexity index is 995. The van der Waals surface area contributed by atoms with Crippen LogP contribution in [0.15, 0.2) is 34.5 Å². The number of aryl methyl sites for hydroxylation is 1. The number of benzene rings is 1. The van der Waals surface area contributed by atoms with E-state index in [1.54, 1.807) is 12.1 Å². The smallest absolute Gasteiger partial charge is 0.339 e. The van der Waals surface area contributed by atoms with Crippen LogP contribution in [0.4, 0.5) is 0 Å². The van der Waals surface area contributed by atoms with Gasteiger partial charge in [0.25, 0.3) is 0 Å². The number of hydrogen-bond acceptors (Lipinski definition) is 7. The van der Waals surface area contributed by atoms with Crippen molar-refractivity contribution in [2.75, 3.05) is 20.2 Å². The number of carbonyl (C=O) groups excluding carboxylic acids is 2. The van der Waals surface area contributed by atoms with Crippen LogP contribution in [0.25, 0.3) is 0 Å². The molecule has 1 aromatic carbocycles. The molecular weight excluding hydrogens is 414 g/mol. The van der Waals surface area contributed by atoms with Crippen molar-refractivity contribution in [3.63, 3.8) is 0 Å². The molecule has 1 aliphatic heterocycles. The number of nitrogens with one attached hydrogen (secondary N) is 1. The van der Waals surface area contributed by atoms with E-state index < -0.39 is 16.0 Å². The van der Waals surface area contributed by atoms with Crippen LogP contribution in [0.3, 0.4) is 0 Å². The molecule has 1 saturated heterocycles. The van der Waals surface area contributed by atoms with Gasteiger partial charge in [0, 0.05) is 30.1 Å². The number of amides is 1. The van der Waals surface area contributed by atoms with Crippen molar-refractivity contribution in [1.29, 1.82) is 0 Å². The van der Waals surface area contributed by atoms with Gasteiger partial charge in [0.15, 0.2) is 0 Å². The predicted molar refractivity (Wildman–Crippen MR) is 108 cm³/mol. The van der Waals surface area contributed by atoms with Gasteiger partial charge < -0.3 is 10.1 Å². The van der Waals surface area contributed by atoms with Gasteiger partial charge >= 0.3 is 5.97 Å². The summed E-state index contributed by atoms with van der Waals surface area (Å²) in [5.41, 5.74) is 0.929. The standard InChI is InChI=1S/C19H23N3O5S2/c1-13-12-28-17(21-13)11-20-18(23)14-7-9-22(10-8-14)29(25,26)16-6-4-3-5-15(16)19(24)27-2/h3-6,12,14H,7-11H2,1-2H3,(H,20,23). The van der Waals surface area contributed by atoms with Gasteiger partial charge in [0.05, 0.1) is 24.1 Å². The first-order chi connectivity index (χ1) is 13.8. The lowest BCUT2D eigenvalue weighted by Crippen LogP contribution is -2.43. The first-order valence-corrected chi connectivity index (χ1v) is 11.5. The second kappa shape index (κ2) is 9.02. The highest BCUT2D eigenvalue weighted by Crippen LogP contribution is 2.26. The van der Waals surface area contributed by atoms with Crippen LogP contribution in [0, 0.1) is 12.8 Å². The van der Waals surface area contributed by atoms with Crippen molar-refractivity contribution in [3.05, 3.63) is 45.9 Å². The van der Waals surface area contributed by atoms with Gasteiger partial charge in [-0.2, -0.15) is 4.31 Å². The third-order valence-electron chi connectivity index (χ3n) is 4.82. The summed E-state index contributed by atoms with van der Waals surface area (Å²) in [5.74, 6) is -1.04. The van der Waals surface area contributed by atoms with Crippen LogP contribution in [0.1, 0.15) is 33.9 Å². The highest BCUT2D eigenvalue weighted by Gasteiger charge is 2.34. The van der Waals surface area contributed by atoms with Crippen LogP contribution in [0.5, 0.6) is 0 Å². The lowest BCUT2D eigenvalue weighted by Gasteiger charge is -2.30. The fraction of sp³-hybridized carbons (Fsp3) is 0.421. The summed E-state index contributed by atoms with van der Waals surface area (Å²) in [6, 6.07) is 5.99. The molecule has 2 aromatic rings. The average Bonchev–Trinajstić information content (AvgIpc) is 3.16. The summed E-state index contributed by atoms with van der Waals surface area (Å²) in [7, 11) is -2.65. The molecule has 2 heterocycles. The van der Waals surface area contributed by atoms with Gasteiger partial charge in [0.2, 0.25) is 15.9 Å². The Hall–Kier alpha value is -2.30. The first kappa shape index (κ1) is 21.4. The molecule has 0 aliphatic carbocycles. The quantitative estimate of drug-likeness (QED) is 0.693. The van der Waals surface area contributed by atoms with Gasteiger partial charge in [-0.15, -0.1) is 11.3 Å². The second-order valence-electron chi connectivity index (χ2n) is 6.77. The lowest BCUT2D eigenvalue weighted by atomic mass is 9.97. The van der Waals surface area contributed by atoms with E-state index in [2.05, 4.69) is 10.3 Å². The molecule has 29 heavy (non-hydrogen) atoms. The van der Waals surface area contributed by atoms with Gasteiger partial charge in [0.1, 0.15) is 5.01 Å². The topological polar surface area (TPSA) is 106 Å². The van der Waals surface area contributed by atoms with Crippen LogP contribution in [0.2, 0.25) is 0 Å². The van der Waals surface area contributed by atoms with E-state index in [9.17, 15) is 18.0 Å². The Morgan fingerprint density at radius 1 is 1.28 bits per heavy atom. The number of ether oxygens (including phenoxy) is 1. The maximum Gasteiger partial charge on any atom is 0.339 e. The molecule has 0 atom stereocenters. The number of hydrogen-bond donors (Lipinski definition) is 1. The number of sulfonamides is 1. The minimum Gasteiger partial charge on any atom is -0.465 e. The third kappa shape index (κ3) is 4.82. The molecule has 0 bridgehead atoms. The van der Waals surface area contributed by atoms with Gasteiger partial charge in [-0.1, -0.05) is 12.1 Å². The summed E-state index contributed by atoms with van der Waals surface area (Å²) in [6.07, 6.45) is 0.838. The van der Waals surface area contributed by atoms with E-state index in [0.717, 1.165) is 10.7 Å². The number of methoxy groups -OCH3 is 1. The second-order valence-corrected chi connectivity index (χ2v) is 9.62. The number of rotatable bonds is 6. The minimum absolute atomic E-state index is 0.00797. The highest BCUT2D eigenvalue weighted by atomic mass is 32.2. The molecule has 8 nitrogen and oxygen atoms in total. The molecule has 0 saturated carbocycles. The molecule has 1 fully saturated rings. The molecule has 0 unspecified atom stereocenters. The van der Waals surface area contributed by atoms with Crippen molar-refractivity contribution in [2.45, 2.75) is 31.2 Å². The largest absolute Gasteiger partial charge is 0.465 e. The summed E-state index contributed by atoms with van der Waals surface area (Å²) < 4.78 is 32.1. The lowest BCUT2D eigenvalue weighted by molar-refractivity contribution is -0.126. The van der Waals surface area contributed by atoms with Crippen molar-refractivity contribution >= 4 is 33.2 Å². The SMILES string of the molecule is COC(=O)c1ccccc1S(=O)(=O)N1CCC(C(=O)NCc2nc(C)cs2)CC1. The molecule has 3 rings (SSSR count). The maximum absolute atomic E-state index is 13.0. The van der Waals surface area contributed by atoms with E-state index in [1.165, 1.54) is 34.9 Å². The molecule has 0 spiro atoms. The fourth-order valence-electron chi connectivity index (χ4n) is 3.26. The Morgan fingerprint density at radius 2 is 1.97 bits per heavy atom. The minimum atomic E-state index is -3.86. The van der Waals surface area contributed by atoms with Crippen molar-refractivity contribution in [1.82, 2.24) is 14.6 Å². The Labute approximate surface area is 173 Å². The zero-order valence-electron chi connectivity index (χ0n) is 16.3. The zero-order chi connectivity index (χ0) is 21.0. The Kier molecular flexibility index (Phi) is 6.66. The number of aromatic nitrogens is 1. The summed E-state index contributed by atoms with van der Waals surface area (Å²) in [6.45, 7) is 2.71.